The van der Waals surface area contributed by atoms with Gasteiger partial charge in [-0.05, 0) is 42.0 Å². The molecule has 0 aliphatic carbocycles. The number of aromatic nitrogens is 2. The van der Waals surface area contributed by atoms with Gasteiger partial charge >= 0.3 is 0 Å². The molecule has 1 aromatic heterocycles. The van der Waals surface area contributed by atoms with Crippen molar-refractivity contribution in [1.29, 1.82) is 5.26 Å². The van der Waals surface area contributed by atoms with Gasteiger partial charge in [-0.25, -0.2) is 4.98 Å². The number of benzene rings is 3. The Hall–Kier alpha value is -3.23. The molecular formula is C22H17N3OS. The summed E-state index contributed by atoms with van der Waals surface area (Å²) in [6.07, 6.45) is 0. The van der Waals surface area contributed by atoms with Gasteiger partial charge in [-0.2, -0.15) is 5.26 Å². The van der Waals surface area contributed by atoms with Crippen molar-refractivity contribution in [3.8, 4) is 6.07 Å². The Kier molecular flexibility index (Phi) is 4.57. The molecule has 1 atom stereocenters. The Bertz CT molecular complexity index is 1170. The summed E-state index contributed by atoms with van der Waals surface area (Å²) < 4.78 is 0. The quantitative estimate of drug-likeness (QED) is 0.275. The Morgan fingerprint density at radius 3 is 2.59 bits per heavy atom. The van der Waals surface area contributed by atoms with Crippen LogP contribution in [0.2, 0.25) is 0 Å². The molecule has 3 aromatic carbocycles. The summed E-state index contributed by atoms with van der Waals surface area (Å²) in [5, 5.41) is 22.3. The lowest BCUT2D eigenvalue weighted by molar-refractivity contribution is 0.402. The van der Waals surface area contributed by atoms with Gasteiger partial charge in [0, 0.05) is 4.90 Å². The predicted octanol–water partition coefficient (Wildman–Crippen LogP) is 5.69. The molecule has 0 aliphatic rings. The zero-order chi connectivity index (χ0) is 18.8. The number of nitrogens with zero attached hydrogens (tertiary/aromatic N) is 2. The minimum absolute atomic E-state index is 0.0229. The van der Waals surface area contributed by atoms with Crippen LogP contribution in [-0.2, 0) is 0 Å². The van der Waals surface area contributed by atoms with E-state index in [1.54, 1.807) is 0 Å². The second-order valence-corrected chi connectivity index (χ2v) is 7.66. The zero-order valence-corrected chi connectivity index (χ0v) is 15.5. The molecule has 0 unspecified atom stereocenters. The maximum absolute atomic E-state index is 10.7. The van der Waals surface area contributed by atoms with E-state index in [1.807, 2.05) is 49.4 Å². The van der Waals surface area contributed by atoms with Crippen molar-refractivity contribution >= 4 is 39.1 Å². The van der Waals surface area contributed by atoms with E-state index in [1.165, 1.54) is 17.1 Å². The molecule has 1 heterocycles. The van der Waals surface area contributed by atoms with E-state index in [4.69, 9.17) is 0 Å². The molecule has 4 nitrogen and oxygen atoms in total. The van der Waals surface area contributed by atoms with Crippen molar-refractivity contribution in [2.75, 3.05) is 0 Å². The van der Waals surface area contributed by atoms with Crippen LogP contribution in [-0.4, -0.2) is 20.3 Å². The van der Waals surface area contributed by atoms with Gasteiger partial charge in [0.2, 0.25) is 0 Å². The van der Waals surface area contributed by atoms with Gasteiger partial charge in [0.05, 0.1) is 16.3 Å². The maximum atomic E-state index is 10.7. The molecule has 4 rings (SSSR count). The number of thioether (sulfide) groups is 1. The predicted molar refractivity (Wildman–Crippen MR) is 111 cm³/mol. The van der Waals surface area contributed by atoms with Crippen LogP contribution < -0.4 is 0 Å². The zero-order valence-electron chi connectivity index (χ0n) is 14.7. The van der Waals surface area contributed by atoms with Gasteiger partial charge in [0.25, 0.3) is 0 Å². The highest BCUT2D eigenvalue weighted by molar-refractivity contribution is 8.00. The van der Waals surface area contributed by atoms with Crippen LogP contribution in [0.5, 0.6) is 0 Å². The van der Waals surface area contributed by atoms with Crippen LogP contribution in [0.4, 0.5) is 0 Å². The fourth-order valence-corrected chi connectivity index (χ4v) is 3.99. The van der Waals surface area contributed by atoms with E-state index in [0.29, 0.717) is 5.82 Å². The maximum Gasteiger partial charge on any atom is 0.152 e. The number of hydrogen-bond acceptors (Lipinski definition) is 4. The lowest BCUT2D eigenvalue weighted by Crippen LogP contribution is -2.04. The van der Waals surface area contributed by atoms with Crippen LogP contribution in [0.25, 0.3) is 27.4 Å². The molecule has 0 radical (unpaired) electrons. The number of para-hydroxylation sites is 2. The number of aromatic amines is 1. The van der Waals surface area contributed by atoms with Crippen molar-refractivity contribution in [2.24, 2.45) is 0 Å². The van der Waals surface area contributed by atoms with E-state index in [9.17, 15) is 10.4 Å². The first kappa shape index (κ1) is 17.2. The highest BCUT2D eigenvalue weighted by atomic mass is 32.2. The Balaban J connectivity index is 1.65. The highest BCUT2D eigenvalue weighted by Crippen LogP contribution is 2.32. The first-order chi connectivity index (χ1) is 13.2. The van der Waals surface area contributed by atoms with E-state index >= 15 is 0 Å². The molecule has 0 saturated carbocycles. The van der Waals surface area contributed by atoms with Gasteiger partial charge in [0.15, 0.2) is 5.82 Å². The van der Waals surface area contributed by atoms with E-state index in [0.717, 1.165) is 21.3 Å². The minimum atomic E-state index is -0.283. The highest BCUT2D eigenvalue weighted by Gasteiger charge is 2.19. The van der Waals surface area contributed by atoms with Crippen molar-refractivity contribution in [3.05, 3.63) is 78.3 Å². The first-order valence-electron chi connectivity index (χ1n) is 8.59. The summed E-state index contributed by atoms with van der Waals surface area (Å²) in [5.41, 5.74) is 1.78. The normalized spacial score (nSPS) is 13.3. The fraction of sp³-hybridized carbons (Fsp3) is 0.0909. The molecule has 0 saturated heterocycles. The number of H-pyrrole nitrogens is 1. The largest absolute Gasteiger partial charge is 0.510 e. The lowest BCUT2D eigenvalue weighted by Gasteiger charge is -2.12. The molecule has 4 aromatic rings. The number of aliphatic hydroxyl groups is 1. The molecule has 0 fully saturated rings. The molecule has 2 N–H and O–H groups in total. The van der Waals surface area contributed by atoms with Crippen molar-refractivity contribution in [2.45, 2.75) is 17.1 Å². The number of rotatable bonds is 4. The smallest absolute Gasteiger partial charge is 0.152 e. The summed E-state index contributed by atoms with van der Waals surface area (Å²) in [7, 11) is 0. The third kappa shape index (κ3) is 3.40. The van der Waals surface area contributed by atoms with Crippen LogP contribution >= 0.6 is 11.8 Å². The molecule has 5 heteroatoms. The Morgan fingerprint density at radius 2 is 1.81 bits per heavy atom. The standard InChI is InChI=1S/C22H17N3OS/c1-14(27-17-11-10-15-6-2-3-7-16(15)12-17)21(26)18(13-23)22-24-19-8-4-5-9-20(19)25-22/h2-12,14,26H,1H3,(H,24,25)/t14-/m1/s1. The Labute approximate surface area is 161 Å². The number of fused-ring (bicyclic) bond motifs is 2. The van der Waals surface area contributed by atoms with Crippen molar-refractivity contribution in [1.82, 2.24) is 9.97 Å². The average molecular weight is 371 g/mol. The second-order valence-electron chi connectivity index (χ2n) is 6.24. The fourth-order valence-electron chi connectivity index (χ4n) is 3.01. The van der Waals surface area contributed by atoms with Crippen LogP contribution in [0.15, 0.2) is 77.4 Å². The van der Waals surface area contributed by atoms with Crippen molar-refractivity contribution in [3.63, 3.8) is 0 Å². The molecular weight excluding hydrogens is 354 g/mol. The number of nitriles is 1. The van der Waals surface area contributed by atoms with Crippen LogP contribution in [0.1, 0.15) is 12.7 Å². The van der Waals surface area contributed by atoms with Crippen molar-refractivity contribution < 1.29 is 5.11 Å². The third-order valence-electron chi connectivity index (χ3n) is 4.41. The van der Waals surface area contributed by atoms with Crippen LogP contribution in [0.3, 0.4) is 0 Å². The lowest BCUT2D eigenvalue weighted by atomic mass is 10.1. The van der Waals surface area contributed by atoms with Gasteiger partial charge in [0.1, 0.15) is 17.4 Å². The third-order valence-corrected chi connectivity index (χ3v) is 5.52. The van der Waals surface area contributed by atoms with Gasteiger partial charge < -0.3 is 10.1 Å². The molecule has 27 heavy (non-hydrogen) atoms. The number of hydrogen-bond donors (Lipinski definition) is 2. The minimum Gasteiger partial charge on any atom is -0.510 e. The van der Waals surface area contributed by atoms with Gasteiger partial charge in [-0.3, -0.25) is 0 Å². The summed E-state index contributed by atoms with van der Waals surface area (Å²) in [6.45, 7) is 1.88. The topological polar surface area (TPSA) is 72.7 Å². The molecule has 132 valence electrons. The number of imidazole rings is 1. The molecule has 0 spiro atoms. The van der Waals surface area contributed by atoms with Crippen LogP contribution in [0, 0.1) is 11.3 Å². The summed E-state index contributed by atoms with van der Waals surface area (Å²) >= 11 is 1.51. The molecule has 0 bridgehead atoms. The number of aliphatic hydroxyl groups excluding tert-OH is 1. The summed E-state index contributed by atoms with van der Waals surface area (Å²) in [4.78, 5) is 8.58. The van der Waals surface area contributed by atoms with E-state index in [-0.39, 0.29) is 16.6 Å². The van der Waals surface area contributed by atoms with E-state index in [2.05, 4.69) is 40.3 Å². The molecule has 0 amide bonds. The van der Waals surface area contributed by atoms with E-state index < -0.39 is 0 Å². The number of nitrogens with one attached hydrogen (secondary N) is 1. The number of allylic oxidation sites excluding steroid dienone is 1. The average Bonchev–Trinajstić information content (AvgIpc) is 3.12. The second kappa shape index (κ2) is 7.18. The summed E-state index contributed by atoms with van der Waals surface area (Å²) in [5.74, 6) is 0.414. The summed E-state index contributed by atoms with van der Waals surface area (Å²) in [6, 6.07) is 24.0. The van der Waals surface area contributed by atoms with Gasteiger partial charge in [-0.15, -0.1) is 11.8 Å². The first-order valence-corrected chi connectivity index (χ1v) is 9.47. The SMILES string of the molecule is C[C@@H](Sc1ccc2ccccc2c1)C(O)=C(C#N)c1nc2ccccc2[nH]1. The van der Waals surface area contributed by atoms with Gasteiger partial charge in [-0.1, -0.05) is 42.5 Å². The Morgan fingerprint density at radius 1 is 1.07 bits per heavy atom. The monoisotopic (exact) mass is 371 g/mol. The molecule has 0 aliphatic heterocycles.